The van der Waals surface area contributed by atoms with E-state index in [9.17, 15) is 9.59 Å². The van der Waals surface area contributed by atoms with Gasteiger partial charge in [0.1, 0.15) is 5.38 Å². The zero-order chi connectivity index (χ0) is 13.1. The molecule has 0 aromatic heterocycles. The molecule has 0 saturated heterocycles. The van der Waals surface area contributed by atoms with Gasteiger partial charge in [0.15, 0.2) is 0 Å². The van der Waals surface area contributed by atoms with Crippen LogP contribution >= 0.6 is 11.6 Å². The summed E-state index contributed by atoms with van der Waals surface area (Å²) in [6.07, 6.45) is 4.22. The molecular formula is C12H21ClN2O2. The second-order valence-electron chi connectivity index (χ2n) is 5.54. The molecule has 4 nitrogen and oxygen atoms in total. The quantitative estimate of drug-likeness (QED) is 0.749. The van der Waals surface area contributed by atoms with Crippen LogP contribution in [0.3, 0.4) is 0 Å². The Morgan fingerprint density at radius 3 is 2.59 bits per heavy atom. The molecule has 1 aliphatic carbocycles. The van der Waals surface area contributed by atoms with Crippen LogP contribution in [0.4, 0.5) is 4.79 Å². The summed E-state index contributed by atoms with van der Waals surface area (Å²) in [5.41, 5.74) is 0.264. The van der Waals surface area contributed by atoms with E-state index in [0.29, 0.717) is 0 Å². The number of nitrogens with one attached hydrogen (secondary N) is 2. The number of amides is 3. The van der Waals surface area contributed by atoms with E-state index in [1.54, 1.807) is 0 Å². The van der Waals surface area contributed by atoms with Crippen molar-refractivity contribution < 1.29 is 9.59 Å². The summed E-state index contributed by atoms with van der Waals surface area (Å²) in [5, 5.41) is 4.37. The number of alkyl halides is 1. The Hall–Kier alpha value is -0.770. The van der Waals surface area contributed by atoms with Crippen LogP contribution in [0.25, 0.3) is 0 Å². The van der Waals surface area contributed by atoms with Gasteiger partial charge in [-0.1, -0.05) is 20.3 Å². The lowest BCUT2D eigenvalue weighted by molar-refractivity contribution is -0.119. The topological polar surface area (TPSA) is 58.2 Å². The Morgan fingerprint density at radius 2 is 2.06 bits per heavy atom. The molecule has 2 atom stereocenters. The molecule has 1 rings (SSSR count). The number of hydrogen-bond donors (Lipinski definition) is 2. The molecular weight excluding hydrogens is 240 g/mol. The number of urea groups is 1. The molecule has 0 spiro atoms. The Morgan fingerprint density at radius 1 is 1.41 bits per heavy atom. The van der Waals surface area contributed by atoms with E-state index >= 15 is 0 Å². The zero-order valence-electron chi connectivity index (χ0n) is 10.7. The summed E-state index contributed by atoms with van der Waals surface area (Å²) in [6, 6.07) is -0.289. The summed E-state index contributed by atoms with van der Waals surface area (Å²) >= 11 is 5.57. The summed E-state index contributed by atoms with van der Waals surface area (Å²) in [4.78, 5) is 22.8. The minimum atomic E-state index is -0.691. The fraction of sp³-hybridized carbons (Fsp3) is 0.833. The molecule has 0 bridgehead atoms. The molecule has 3 amide bonds. The van der Waals surface area contributed by atoms with Crippen molar-refractivity contribution in [1.82, 2.24) is 10.6 Å². The maximum Gasteiger partial charge on any atom is 0.321 e. The molecule has 2 unspecified atom stereocenters. The van der Waals surface area contributed by atoms with Crippen LogP contribution in [-0.2, 0) is 4.79 Å². The normalized spacial score (nSPS) is 24.8. The van der Waals surface area contributed by atoms with Crippen molar-refractivity contribution in [2.75, 3.05) is 0 Å². The van der Waals surface area contributed by atoms with E-state index < -0.39 is 17.3 Å². The molecule has 1 saturated carbocycles. The predicted octanol–water partition coefficient (Wildman–Crippen LogP) is 2.41. The third-order valence-corrected chi connectivity index (χ3v) is 3.34. The lowest BCUT2D eigenvalue weighted by Crippen LogP contribution is -2.48. The van der Waals surface area contributed by atoms with Crippen molar-refractivity contribution >= 4 is 23.5 Å². The van der Waals surface area contributed by atoms with Crippen molar-refractivity contribution in [2.45, 2.75) is 57.9 Å². The van der Waals surface area contributed by atoms with E-state index in [0.717, 1.165) is 19.3 Å². The van der Waals surface area contributed by atoms with Gasteiger partial charge in [0, 0.05) is 6.04 Å². The Labute approximate surface area is 107 Å². The molecule has 1 fully saturated rings. The first-order valence-corrected chi connectivity index (χ1v) is 6.49. The summed E-state index contributed by atoms with van der Waals surface area (Å²) in [5.74, 6) is -0.459. The molecule has 0 aromatic rings. The Kier molecular flexibility index (Phi) is 4.80. The molecule has 17 heavy (non-hydrogen) atoms. The third-order valence-electron chi connectivity index (χ3n) is 3.14. The van der Waals surface area contributed by atoms with Gasteiger partial charge in [-0.3, -0.25) is 10.1 Å². The van der Waals surface area contributed by atoms with E-state index in [4.69, 9.17) is 11.6 Å². The van der Waals surface area contributed by atoms with Gasteiger partial charge in [-0.25, -0.2) is 4.79 Å². The SMILES string of the molecule is CC(Cl)C(=O)NC(=O)NC1CCCC(C)(C)C1. The molecule has 0 aliphatic heterocycles. The minimum absolute atomic E-state index is 0.150. The van der Waals surface area contributed by atoms with Gasteiger partial charge in [-0.15, -0.1) is 11.6 Å². The van der Waals surface area contributed by atoms with E-state index in [1.165, 1.54) is 13.3 Å². The molecule has 1 aliphatic rings. The number of carbonyl (C=O) groups is 2. The first-order valence-electron chi connectivity index (χ1n) is 6.05. The van der Waals surface area contributed by atoms with Gasteiger partial charge in [0.05, 0.1) is 0 Å². The average molecular weight is 261 g/mol. The Bertz CT molecular complexity index is 303. The van der Waals surface area contributed by atoms with Gasteiger partial charge in [-0.2, -0.15) is 0 Å². The summed E-state index contributed by atoms with van der Waals surface area (Å²) < 4.78 is 0. The minimum Gasteiger partial charge on any atom is -0.335 e. The second-order valence-corrected chi connectivity index (χ2v) is 6.19. The van der Waals surface area contributed by atoms with E-state index in [-0.39, 0.29) is 11.5 Å². The number of halogens is 1. The molecule has 98 valence electrons. The number of hydrogen-bond acceptors (Lipinski definition) is 2. The van der Waals surface area contributed by atoms with Crippen LogP contribution in [-0.4, -0.2) is 23.4 Å². The van der Waals surface area contributed by atoms with Crippen LogP contribution in [0.1, 0.15) is 46.5 Å². The van der Waals surface area contributed by atoms with E-state index in [1.807, 2.05) is 0 Å². The lowest BCUT2D eigenvalue weighted by Gasteiger charge is -2.35. The summed E-state index contributed by atoms with van der Waals surface area (Å²) in [6.45, 7) is 5.93. The van der Waals surface area contributed by atoms with E-state index in [2.05, 4.69) is 24.5 Å². The number of rotatable bonds is 2. The van der Waals surface area contributed by atoms with Crippen LogP contribution in [0.2, 0.25) is 0 Å². The summed E-state index contributed by atoms with van der Waals surface area (Å²) in [7, 11) is 0. The van der Waals surface area contributed by atoms with Crippen LogP contribution in [0.5, 0.6) is 0 Å². The van der Waals surface area contributed by atoms with Crippen molar-refractivity contribution in [2.24, 2.45) is 5.41 Å². The van der Waals surface area contributed by atoms with Gasteiger partial charge >= 0.3 is 6.03 Å². The van der Waals surface area contributed by atoms with Crippen molar-refractivity contribution in [3.05, 3.63) is 0 Å². The van der Waals surface area contributed by atoms with Gasteiger partial charge in [0.25, 0.3) is 0 Å². The zero-order valence-corrected chi connectivity index (χ0v) is 11.4. The van der Waals surface area contributed by atoms with Crippen LogP contribution in [0.15, 0.2) is 0 Å². The van der Waals surface area contributed by atoms with Crippen molar-refractivity contribution in [3.8, 4) is 0 Å². The molecule has 5 heteroatoms. The van der Waals surface area contributed by atoms with Gasteiger partial charge < -0.3 is 5.32 Å². The molecule has 0 heterocycles. The second kappa shape index (κ2) is 5.71. The highest BCUT2D eigenvalue weighted by Gasteiger charge is 2.29. The fourth-order valence-corrected chi connectivity index (χ4v) is 2.31. The number of imide groups is 1. The first kappa shape index (κ1) is 14.3. The number of carbonyl (C=O) groups excluding carboxylic acids is 2. The van der Waals surface area contributed by atoms with Crippen LogP contribution in [0, 0.1) is 5.41 Å². The first-order chi connectivity index (χ1) is 7.80. The highest BCUT2D eigenvalue weighted by Crippen LogP contribution is 2.34. The maximum absolute atomic E-state index is 11.5. The fourth-order valence-electron chi connectivity index (χ4n) is 2.25. The van der Waals surface area contributed by atoms with Gasteiger partial charge in [-0.05, 0) is 31.6 Å². The monoisotopic (exact) mass is 260 g/mol. The largest absolute Gasteiger partial charge is 0.335 e. The predicted molar refractivity (Wildman–Crippen MR) is 68.0 cm³/mol. The third kappa shape index (κ3) is 4.94. The average Bonchev–Trinajstić information content (AvgIpc) is 2.15. The molecule has 0 radical (unpaired) electrons. The standard InChI is InChI=1S/C12H21ClN2O2/c1-8(13)10(16)15-11(17)14-9-5-4-6-12(2,3)7-9/h8-9H,4-7H2,1-3H3,(H2,14,15,16,17). The highest BCUT2D eigenvalue weighted by atomic mass is 35.5. The smallest absolute Gasteiger partial charge is 0.321 e. The molecule has 2 N–H and O–H groups in total. The molecule has 0 aromatic carbocycles. The highest BCUT2D eigenvalue weighted by molar-refractivity contribution is 6.31. The lowest BCUT2D eigenvalue weighted by atomic mass is 9.75. The van der Waals surface area contributed by atoms with Crippen molar-refractivity contribution in [1.29, 1.82) is 0 Å². The maximum atomic E-state index is 11.5. The van der Waals surface area contributed by atoms with Gasteiger partial charge in [0.2, 0.25) is 5.91 Å². The van der Waals surface area contributed by atoms with Crippen LogP contribution < -0.4 is 10.6 Å². The Balaban J connectivity index is 2.38. The van der Waals surface area contributed by atoms with Crippen molar-refractivity contribution in [3.63, 3.8) is 0 Å².